The second-order valence-electron chi connectivity index (χ2n) is 4.97. The molecule has 25 heavy (non-hydrogen) atoms. The molecule has 2 rings (SSSR count). The maximum absolute atomic E-state index is 11.9. The normalized spacial score (nSPS) is 10.5. The summed E-state index contributed by atoms with van der Waals surface area (Å²) in [7, 11) is 0. The molecule has 0 aliphatic rings. The molecule has 0 fully saturated rings. The molecule has 0 saturated heterocycles. The van der Waals surface area contributed by atoms with Gasteiger partial charge in [-0.1, -0.05) is 24.3 Å². The van der Waals surface area contributed by atoms with Gasteiger partial charge < -0.3 is 14.8 Å². The van der Waals surface area contributed by atoms with Crippen molar-refractivity contribution in [3.63, 3.8) is 0 Å². The molecule has 2 aromatic rings. The monoisotopic (exact) mass is 403 g/mol. The summed E-state index contributed by atoms with van der Waals surface area (Å²) >= 11 is 3.36. The number of carbonyl (C=O) groups excluding carboxylic acids is 2. The largest absolute Gasteiger partial charge is 0.483 e. The van der Waals surface area contributed by atoms with E-state index in [-0.39, 0.29) is 18.5 Å². The van der Waals surface area contributed by atoms with Gasteiger partial charge in [0.25, 0.3) is 5.91 Å². The number of amides is 1. The van der Waals surface area contributed by atoms with Crippen molar-refractivity contribution in [2.75, 3.05) is 18.5 Å². The summed E-state index contributed by atoms with van der Waals surface area (Å²) in [5, 5.41) is 2.75. The fraction of sp³-hybridized carbons (Fsp3) is 0.158. The molecule has 130 valence electrons. The number of hydrogen-bond donors (Lipinski definition) is 1. The van der Waals surface area contributed by atoms with Crippen molar-refractivity contribution in [3.8, 4) is 5.75 Å². The number of hydrogen-bond acceptors (Lipinski definition) is 4. The van der Waals surface area contributed by atoms with E-state index in [2.05, 4.69) is 21.2 Å². The fourth-order valence-corrected chi connectivity index (χ4v) is 2.33. The Labute approximate surface area is 154 Å². The summed E-state index contributed by atoms with van der Waals surface area (Å²) in [6, 6.07) is 14.4. The van der Waals surface area contributed by atoms with E-state index in [0.29, 0.717) is 18.0 Å². The summed E-state index contributed by atoms with van der Waals surface area (Å²) in [6.45, 7) is 2.01. The Bertz CT molecular complexity index is 756. The first-order valence-corrected chi connectivity index (χ1v) is 8.50. The van der Waals surface area contributed by atoms with Crippen molar-refractivity contribution in [2.24, 2.45) is 0 Å². The average Bonchev–Trinajstić information content (AvgIpc) is 2.61. The molecule has 0 aromatic heterocycles. The highest BCUT2D eigenvalue weighted by molar-refractivity contribution is 9.10. The van der Waals surface area contributed by atoms with Crippen molar-refractivity contribution in [2.45, 2.75) is 6.92 Å². The number of rotatable bonds is 7. The van der Waals surface area contributed by atoms with E-state index in [1.807, 2.05) is 18.2 Å². The highest BCUT2D eigenvalue weighted by atomic mass is 79.9. The fourth-order valence-electron chi connectivity index (χ4n) is 1.93. The zero-order valence-corrected chi connectivity index (χ0v) is 15.3. The lowest BCUT2D eigenvalue weighted by atomic mass is 10.2. The van der Waals surface area contributed by atoms with Crippen LogP contribution in [0.4, 0.5) is 5.69 Å². The van der Waals surface area contributed by atoms with Gasteiger partial charge in [-0.15, -0.1) is 0 Å². The lowest BCUT2D eigenvalue weighted by Crippen LogP contribution is -2.20. The second kappa shape index (κ2) is 9.64. The quantitative estimate of drug-likeness (QED) is 0.559. The molecule has 0 atom stereocenters. The number of para-hydroxylation sites is 1. The first kappa shape index (κ1) is 18.7. The molecule has 1 N–H and O–H groups in total. The van der Waals surface area contributed by atoms with Crippen molar-refractivity contribution < 1.29 is 19.1 Å². The Morgan fingerprint density at radius 3 is 2.52 bits per heavy atom. The van der Waals surface area contributed by atoms with Gasteiger partial charge in [-0.25, -0.2) is 4.79 Å². The van der Waals surface area contributed by atoms with Crippen LogP contribution in [0, 0.1) is 0 Å². The molecule has 6 heteroatoms. The Balaban J connectivity index is 1.85. The molecule has 0 heterocycles. The molecule has 0 saturated carbocycles. The van der Waals surface area contributed by atoms with E-state index in [9.17, 15) is 9.59 Å². The van der Waals surface area contributed by atoms with Crippen LogP contribution in [0.15, 0.2) is 59.1 Å². The molecule has 0 spiro atoms. The predicted octanol–water partition coefficient (Wildman–Crippen LogP) is 4.04. The van der Waals surface area contributed by atoms with Gasteiger partial charge in [-0.05, 0) is 58.8 Å². The zero-order chi connectivity index (χ0) is 18.1. The number of nitrogens with one attached hydrogen (secondary N) is 1. The van der Waals surface area contributed by atoms with Crippen molar-refractivity contribution in [3.05, 3.63) is 64.6 Å². The first-order chi connectivity index (χ1) is 12.1. The summed E-state index contributed by atoms with van der Waals surface area (Å²) in [5.74, 6) is -0.0354. The highest BCUT2D eigenvalue weighted by Gasteiger charge is 2.05. The van der Waals surface area contributed by atoms with Crippen LogP contribution >= 0.6 is 15.9 Å². The minimum Gasteiger partial charge on any atom is -0.483 e. The van der Waals surface area contributed by atoms with Crippen molar-refractivity contribution in [1.29, 1.82) is 0 Å². The van der Waals surface area contributed by atoms with E-state index >= 15 is 0 Å². The number of esters is 1. The lowest BCUT2D eigenvalue weighted by molar-refractivity contribution is -0.137. The Morgan fingerprint density at radius 1 is 1.12 bits per heavy atom. The molecule has 0 aliphatic carbocycles. The number of anilines is 1. The van der Waals surface area contributed by atoms with Gasteiger partial charge in [0.05, 0.1) is 11.1 Å². The van der Waals surface area contributed by atoms with Crippen LogP contribution in [-0.4, -0.2) is 25.1 Å². The molecule has 2 aromatic carbocycles. The van der Waals surface area contributed by atoms with E-state index in [1.54, 1.807) is 43.3 Å². The minimum atomic E-state index is -0.385. The minimum absolute atomic E-state index is 0.0902. The maximum Gasteiger partial charge on any atom is 0.330 e. The molecule has 0 radical (unpaired) electrons. The van der Waals surface area contributed by atoms with Gasteiger partial charge in [0.15, 0.2) is 6.61 Å². The van der Waals surface area contributed by atoms with Crippen LogP contribution in [-0.2, 0) is 14.3 Å². The standard InChI is InChI=1S/C19H18BrNO4/c1-2-24-19(23)12-9-14-7-10-15(11-8-14)21-18(22)13-25-17-6-4-3-5-16(17)20/h3-12H,2,13H2,1H3,(H,21,22)/b12-9+. The van der Waals surface area contributed by atoms with Gasteiger partial charge in [0.2, 0.25) is 0 Å². The Kier molecular flexibility index (Phi) is 7.22. The first-order valence-electron chi connectivity index (χ1n) is 7.70. The molecule has 0 unspecified atom stereocenters. The van der Waals surface area contributed by atoms with Gasteiger partial charge in [-0.2, -0.15) is 0 Å². The maximum atomic E-state index is 11.9. The third-order valence-corrected chi connectivity index (χ3v) is 3.74. The summed E-state index contributed by atoms with van der Waals surface area (Å²) in [6.07, 6.45) is 3.02. The summed E-state index contributed by atoms with van der Waals surface area (Å²) in [4.78, 5) is 23.2. The highest BCUT2D eigenvalue weighted by Crippen LogP contribution is 2.23. The van der Waals surface area contributed by atoms with E-state index in [0.717, 1.165) is 10.0 Å². The molecular weight excluding hydrogens is 386 g/mol. The number of ether oxygens (including phenoxy) is 2. The van der Waals surface area contributed by atoms with Crippen LogP contribution in [0.5, 0.6) is 5.75 Å². The van der Waals surface area contributed by atoms with Crippen LogP contribution in [0.2, 0.25) is 0 Å². The van der Waals surface area contributed by atoms with Gasteiger partial charge >= 0.3 is 5.97 Å². The average molecular weight is 404 g/mol. The van der Waals surface area contributed by atoms with Crippen LogP contribution in [0.25, 0.3) is 6.08 Å². The van der Waals surface area contributed by atoms with Gasteiger partial charge in [0, 0.05) is 11.8 Å². The number of halogens is 1. The summed E-state index contributed by atoms with van der Waals surface area (Å²) in [5.41, 5.74) is 1.48. The third-order valence-electron chi connectivity index (χ3n) is 3.09. The Morgan fingerprint density at radius 2 is 1.84 bits per heavy atom. The SMILES string of the molecule is CCOC(=O)/C=C/c1ccc(NC(=O)COc2ccccc2Br)cc1. The van der Waals surface area contributed by atoms with Crippen LogP contribution in [0.3, 0.4) is 0 Å². The van der Waals surface area contributed by atoms with Crippen molar-refractivity contribution >= 4 is 39.6 Å². The predicted molar refractivity (Wildman–Crippen MR) is 100 cm³/mol. The molecule has 1 amide bonds. The summed E-state index contributed by atoms with van der Waals surface area (Å²) < 4.78 is 11.1. The second-order valence-corrected chi connectivity index (χ2v) is 5.83. The topological polar surface area (TPSA) is 64.6 Å². The van der Waals surface area contributed by atoms with Crippen LogP contribution < -0.4 is 10.1 Å². The number of carbonyl (C=O) groups is 2. The van der Waals surface area contributed by atoms with E-state index in [4.69, 9.17) is 9.47 Å². The van der Waals surface area contributed by atoms with Crippen molar-refractivity contribution in [1.82, 2.24) is 0 Å². The molecule has 0 aliphatic heterocycles. The van der Waals surface area contributed by atoms with Gasteiger partial charge in [-0.3, -0.25) is 4.79 Å². The van der Waals surface area contributed by atoms with E-state index in [1.165, 1.54) is 6.08 Å². The lowest BCUT2D eigenvalue weighted by Gasteiger charge is -2.09. The van der Waals surface area contributed by atoms with Crippen LogP contribution in [0.1, 0.15) is 12.5 Å². The Hall–Kier alpha value is -2.60. The third kappa shape index (κ3) is 6.43. The molecule has 5 nitrogen and oxygen atoms in total. The smallest absolute Gasteiger partial charge is 0.330 e. The van der Waals surface area contributed by atoms with Gasteiger partial charge in [0.1, 0.15) is 5.75 Å². The van der Waals surface area contributed by atoms with E-state index < -0.39 is 0 Å². The zero-order valence-electron chi connectivity index (χ0n) is 13.7. The molecule has 0 bridgehead atoms. The molecular formula is C19H18BrNO4. The number of benzene rings is 2.